The first kappa shape index (κ1) is 65.1. The Hall–Kier alpha value is 6.09. The van der Waals surface area contributed by atoms with Gasteiger partial charge in [0.15, 0.2) is 0 Å². The van der Waals surface area contributed by atoms with E-state index in [-0.39, 0.29) is 200 Å². The maximum absolute atomic E-state index is 0. The molecular weight excluding hydrogens is 547 g/mol. The molecule has 0 aromatic rings. The van der Waals surface area contributed by atoms with E-state index in [2.05, 4.69) is 0 Å². The SMILES string of the molecule is O.O.[CaH2].[La].[La].[Mn].[Mn].[SrH2]. The fourth-order valence-electron chi connectivity index (χ4n) is 0. The Morgan fingerprint density at radius 1 is 0.625 bits per heavy atom. The van der Waals surface area contributed by atoms with E-state index in [0.29, 0.717) is 0 Å². The van der Waals surface area contributed by atoms with E-state index in [1.165, 1.54) is 0 Å². The van der Waals surface area contributed by atoms with Crippen LogP contribution in [0.25, 0.3) is 0 Å². The van der Waals surface area contributed by atoms with Gasteiger partial charge in [-0.3, -0.25) is 0 Å². The van der Waals surface area contributed by atoms with E-state index in [0.717, 1.165) is 0 Å². The Balaban J connectivity index is 0. The third kappa shape index (κ3) is 40.1. The molecule has 0 bridgehead atoms. The normalized spacial score (nSPS) is 0. The molecule has 4 N–H and O–H groups in total. The summed E-state index contributed by atoms with van der Waals surface area (Å²) in [6.07, 6.45) is 0. The molecule has 0 aromatic heterocycles. The molecule has 0 saturated heterocycles. The molecule has 0 unspecified atom stereocenters. The minimum atomic E-state index is 0. The summed E-state index contributed by atoms with van der Waals surface area (Å²) < 4.78 is 0. The van der Waals surface area contributed by atoms with Gasteiger partial charge in [-0.2, -0.15) is 0 Å². The summed E-state index contributed by atoms with van der Waals surface area (Å²) in [5.74, 6) is 0. The van der Waals surface area contributed by atoms with Crippen LogP contribution in [-0.4, -0.2) is 94.2 Å². The van der Waals surface area contributed by atoms with E-state index >= 15 is 0 Å². The van der Waals surface area contributed by atoms with Crippen LogP contribution in [0, 0.1) is 71.2 Å². The Bertz CT molecular complexity index is 18.0. The summed E-state index contributed by atoms with van der Waals surface area (Å²) in [6, 6.07) is 0. The standard InChI is InChI=1S/Ca.2La.2Mn.2H2O.Sr.4H/h;;;;;2*1H2;;;;;. The first-order chi connectivity index (χ1) is 0. The quantitative estimate of drug-likeness (QED) is 0.279. The van der Waals surface area contributed by atoms with Gasteiger partial charge >= 0.3 is 83.2 Å². The monoisotopic (exact) mass is 556 g/mol. The maximum atomic E-state index is 0. The summed E-state index contributed by atoms with van der Waals surface area (Å²) in [5.41, 5.74) is 0. The number of hydrogen-bond donors (Lipinski definition) is 0. The van der Waals surface area contributed by atoms with E-state index < -0.39 is 0 Å². The molecule has 0 amide bonds. The Kier molecular flexibility index (Phi) is 420. The van der Waals surface area contributed by atoms with Crippen molar-refractivity contribution in [3.63, 3.8) is 0 Å². The molecule has 4 radical (unpaired) electrons. The predicted molar refractivity (Wildman–Crippen MR) is 24.3 cm³/mol. The molecule has 0 aliphatic carbocycles. The van der Waals surface area contributed by atoms with Gasteiger partial charge in [-0.05, 0) is 0 Å². The van der Waals surface area contributed by atoms with Crippen LogP contribution >= 0.6 is 0 Å². The van der Waals surface area contributed by atoms with Gasteiger partial charge < -0.3 is 11.0 Å². The van der Waals surface area contributed by atoms with Crippen molar-refractivity contribution in [2.45, 2.75) is 0 Å². The summed E-state index contributed by atoms with van der Waals surface area (Å²) in [4.78, 5) is 0. The van der Waals surface area contributed by atoms with Crippen molar-refractivity contribution in [1.82, 2.24) is 0 Å². The molecule has 0 atom stereocenters. The van der Waals surface area contributed by atoms with Gasteiger partial charge in [-0.15, -0.1) is 0 Å². The van der Waals surface area contributed by atoms with Crippen LogP contribution in [0.3, 0.4) is 0 Å². The summed E-state index contributed by atoms with van der Waals surface area (Å²) >= 11 is 0. The van der Waals surface area contributed by atoms with Gasteiger partial charge in [-0.1, -0.05) is 0 Å². The molecule has 0 aromatic carbocycles. The molecular formula is H8CaLa2Mn2O2Sr. The third-order valence-corrected chi connectivity index (χ3v) is 0. The van der Waals surface area contributed by atoms with Crippen molar-refractivity contribution in [3.8, 4) is 0 Å². The van der Waals surface area contributed by atoms with Gasteiger partial charge in [0.25, 0.3) is 0 Å². The molecule has 0 heterocycles. The van der Waals surface area contributed by atoms with Crippen LogP contribution in [0.5, 0.6) is 0 Å². The first-order valence-corrected chi connectivity index (χ1v) is 0. The first-order valence-electron chi connectivity index (χ1n) is 0. The van der Waals surface area contributed by atoms with Crippen molar-refractivity contribution in [1.29, 1.82) is 0 Å². The van der Waals surface area contributed by atoms with Gasteiger partial charge in [0.1, 0.15) is 0 Å². The molecule has 0 fully saturated rings. The van der Waals surface area contributed by atoms with Crippen LogP contribution in [0.2, 0.25) is 0 Å². The molecule has 8 heavy (non-hydrogen) atoms. The molecule has 0 saturated carbocycles. The zero-order valence-electron chi connectivity index (χ0n) is 2.91. The van der Waals surface area contributed by atoms with Gasteiger partial charge in [0.2, 0.25) is 0 Å². The average Bonchev–Trinajstić information content (AvgIpc) is 0. The molecule has 0 rings (SSSR count). The second kappa shape index (κ2) is 51.6. The molecule has 0 aliphatic heterocycles. The topological polar surface area (TPSA) is 63.0 Å². The zero-order chi connectivity index (χ0) is 0. The van der Waals surface area contributed by atoms with Crippen molar-refractivity contribution in [2.75, 3.05) is 0 Å². The molecule has 0 spiro atoms. The van der Waals surface area contributed by atoms with Crippen LogP contribution in [0.15, 0.2) is 0 Å². The summed E-state index contributed by atoms with van der Waals surface area (Å²) in [6.45, 7) is 0. The second-order valence-corrected chi connectivity index (χ2v) is 0. The molecule has 0 aliphatic rings. The van der Waals surface area contributed by atoms with Crippen molar-refractivity contribution in [2.24, 2.45) is 0 Å². The number of rotatable bonds is 0. The van der Waals surface area contributed by atoms with E-state index in [9.17, 15) is 0 Å². The van der Waals surface area contributed by atoms with Gasteiger partial charge in [0.05, 0.1) is 0 Å². The number of hydrogen-bond acceptors (Lipinski definition) is 0. The Labute approximate surface area is 193 Å². The second-order valence-electron chi connectivity index (χ2n) is 0. The Morgan fingerprint density at radius 3 is 0.625 bits per heavy atom. The Morgan fingerprint density at radius 2 is 0.625 bits per heavy atom. The van der Waals surface area contributed by atoms with Crippen molar-refractivity contribution < 1.29 is 116 Å². The van der Waals surface area contributed by atoms with Crippen molar-refractivity contribution >= 4 is 83.2 Å². The van der Waals surface area contributed by atoms with E-state index in [4.69, 9.17) is 0 Å². The predicted octanol–water partition coefficient (Wildman–Crippen LogP) is -3.49. The summed E-state index contributed by atoms with van der Waals surface area (Å²) in [7, 11) is 0. The van der Waals surface area contributed by atoms with Crippen molar-refractivity contribution in [3.05, 3.63) is 0 Å². The minimum absolute atomic E-state index is 0. The van der Waals surface area contributed by atoms with Crippen LogP contribution in [-0.2, 0) is 34.1 Å². The summed E-state index contributed by atoms with van der Waals surface area (Å²) in [5, 5.41) is 0. The van der Waals surface area contributed by atoms with E-state index in [1.807, 2.05) is 0 Å². The van der Waals surface area contributed by atoms with Crippen LogP contribution in [0.4, 0.5) is 0 Å². The zero-order valence-corrected chi connectivity index (χ0v) is 12.5. The average molecular weight is 555 g/mol. The van der Waals surface area contributed by atoms with Crippen LogP contribution < -0.4 is 0 Å². The molecule has 8 heteroatoms. The molecule has 2 nitrogen and oxygen atoms in total. The fourth-order valence-corrected chi connectivity index (χ4v) is 0. The van der Waals surface area contributed by atoms with E-state index in [1.54, 1.807) is 0 Å². The fraction of sp³-hybridized carbons (Fsp3) is 0. The van der Waals surface area contributed by atoms with Gasteiger partial charge in [-0.25, -0.2) is 0 Å². The third-order valence-electron chi connectivity index (χ3n) is 0. The van der Waals surface area contributed by atoms with Gasteiger partial charge in [0, 0.05) is 105 Å². The molecule has 44 valence electrons. The van der Waals surface area contributed by atoms with Crippen LogP contribution in [0.1, 0.15) is 0 Å².